The van der Waals surface area contributed by atoms with E-state index >= 15 is 0 Å². The van der Waals surface area contributed by atoms with Crippen LogP contribution in [0.2, 0.25) is 0 Å². The Kier molecular flexibility index (Phi) is 3.79. The Labute approximate surface area is 110 Å². The van der Waals surface area contributed by atoms with Gasteiger partial charge in [0, 0.05) is 10.8 Å². The van der Waals surface area contributed by atoms with Crippen LogP contribution in [0.5, 0.6) is 0 Å². The normalized spacial score (nSPS) is 13.5. The highest BCUT2D eigenvalue weighted by Gasteiger charge is 2.15. The van der Waals surface area contributed by atoms with Crippen molar-refractivity contribution in [3.63, 3.8) is 0 Å². The molecule has 94 valence electrons. The molecular weight excluding hydrogens is 246 g/mol. The van der Waals surface area contributed by atoms with E-state index in [1.165, 1.54) is 16.2 Å². The summed E-state index contributed by atoms with van der Waals surface area (Å²) < 4.78 is 1.23. The van der Waals surface area contributed by atoms with Crippen LogP contribution < -0.4 is 0 Å². The number of rotatable bonds is 4. The number of aliphatic carboxylic acids is 1. The Morgan fingerprint density at radius 1 is 1.39 bits per heavy atom. The lowest BCUT2D eigenvalue weighted by atomic mass is 10.0. The molecule has 1 heterocycles. The zero-order chi connectivity index (χ0) is 13.1. The van der Waals surface area contributed by atoms with E-state index in [1.54, 1.807) is 17.4 Å². The molecule has 1 aromatic carbocycles. The number of likely N-dealkylation sites (N-methyl/N-ethyl adjacent to an activating group) is 1. The fourth-order valence-corrected chi connectivity index (χ4v) is 2.95. The van der Waals surface area contributed by atoms with Gasteiger partial charge in [0.05, 0.1) is 6.04 Å². The molecule has 0 amide bonds. The Morgan fingerprint density at radius 2 is 2.11 bits per heavy atom. The summed E-state index contributed by atoms with van der Waals surface area (Å²) in [4.78, 5) is 12.7. The van der Waals surface area contributed by atoms with Crippen molar-refractivity contribution < 1.29 is 9.90 Å². The second-order valence-electron chi connectivity index (χ2n) is 4.29. The number of hydrogen-bond acceptors (Lipinski definition) is 3. The van der Waals surface area contributed by atoms with E-state index in [1.807, 2.05) is 31.1 Å². The van der Waals surface area contributed by atoms with Crippen LogP contribution in [-0.2, 0) is 4.79 Å². The van der Waals surface area contributed by atoms with Crippen LogP contribution in [0.25, 0.3) is 10.1 Å². The van der Waals surface area contributed by atoms with Crippen molar-refractivity contribution in [2.45, 2.75) is 6.04 Å². The van der Waals surface area contributed by atoms with Gasteiger partial charge in [0.2, 0.25) is 0 Å². The van der Waals surface area contributed by atoms with Gasteiger partial charge in [-0.3, -0.25) is 4.90 Å². The molecule has 0 bridgehead atoms. The van der Waals surface area contributed by atoms with Gasteiger partial charge in [0.1, 0.15) is 0 Å². The third kappa shape index (κ3) is 2.60. The summed E-state index contributed by atoms with van der Waals surface area (Å²) in [7, 11) is 3.90. The molecular formula is C14H15NO2S. The molecule has 4 heteroatoms. The fourth-order valence-electron chi connectivity index (χ4n) is 1.95. The van der Waals surface area contributed by atoms with Gasteiger partial charge in [0.15, 0.2) is 0 Å². The van der Waals surface area contributed by atoms with Crippen LogP contribution in [0.4, 0.5) is 0 Å². The first kappa shape index (κ1) is 12.8. The van der Waals surface area contributed by atoms with Crippen LogP contribution in [0.3, 0.4) is 0 Å². The van der Waals surface area contributed by atoms with Gasteiger partial charge in [-0.2, -0.15) is 0 Å². The minimum absolute atomic E-state index is 0.0164. The molecule has 1 atom stereocenters. The lowest BCUT2D eigenvalue weighted by Crippen LogP contribution is -2.18. The maximum Gasteiger partial charge on any atom is 0.328 e. The summed E-state index contributed by atoms with van der Waals surface area (Å²) >= 11 is 1.69. The average Bonchev–Trinajstić information content (AvgIpc) is 2.73. The van der Waals surface area contributed by atoms with Crippen molar-refractivity contribution in [1.82, 2.24) is 4.90 Å². The highest BCUT2D eigenvalue weighted by molar-refractivity contribution is 7.17. The first-order valence-electron chi connectivity index (χ1n) is 5.63. The van der Waals surface area contributed by atoms with Gasteiger partial charge in [0.25, 0.3) is 0 Å². The Bertz CT molecular complexity index is 586. The van der Waals surface area contributed by atoms with Crippen LogP contribution in [0.1, 0.15) is 11.6 Å². The molecule has 0 aliphatic carbocycles. The second-order valence-corrected chi connectivity index (χ2v) is 5.20. The molecule has 1 unspecified atom stereocenters. The van der Waals surface area contributed by atoms with Crippen LogP contribution in [0, 0.1) is 0 Å². The van der Waals surface area contributed by atoms with Crippen LogP contribution in [0.15, 0.2) is 41.8 Å². The topological polar surface area (TPSA) is 40.5 Å². The van der Waals surface area contributed by atoms with Crippen molar-refractivity contribution >= 4 is 27.4 Å². The highest BCUT2D eigenvalue weighted by Crippen LogP contribution is 2.32. The van der Waals surface area contributed by atoms with Gasteiger partial charge in [-0.1, -0.05) is 24.3 Å². The summed E-state index contributed by atoms with van der Waals surface area (Å²) in [5, 5.41) is 12.0. The smallest absolute Gasteiger partial charge is 0.328 e. The SMILES string of the molecule is CN(C)C(/C=C/C(=O)O)c1csc2ccccc12. The third-order valence-electron chi connectivity index (χ3n) is 2.81. The molecule has 3 nitrogen and oxygen atoms in total. The molecule has 1 N–H and O–H groups in total. The van der Waals surface area contributed by atoms with E-state index in [0.29, 0.717) is 0 Å². The Hall–Kier alpha value is -1.65. The van der Waals surface area contributed by atoms with E-state index < -0.39 is 5.97 Å². The summed E-state index contributed by atoms with van der Waals surface area (Å²) in [5.41, 5.74) is 1.15. The largest absolute Gasteiger partial charge is 0.478 e. The number of carbonyl (C=O) groups is 1. The third-order valence-corrected chi connectivity index (χ3v) is 3.79. The van der Waals surface area contributed by atoms with Gasteiger partial charge in [-0.15, -0.1) is 11.3 Å². The molecule has 2 aromatic rings. The number of nitrogens with zero attached hydrogens (tertiary/aromatic N) is 1. The zero-order valence-corrected chi connectivity index (χ0v) is 11.1. The van der Waals surface area contributed by atoms with E-state index in [2.05, 4.69) is 17.5 Å². The lowest BCUT2D eigenvalue weighted by Gasteiger charge is -2.20. The minimum atomic E-state index is -0.915. The van der Waals surface area contributed by atoms with Gasteiger partial charge in [-0.25, -0.2) is 4.79 Å². The number of carboxylic acids is 1. The van der Waals surface area contributed by atoms with Crippen molar-refractivity contribution in [2.24, 2.45) is 0 Å². The predicted octanol–water partition coefficient (Wildman–Crippen LogP) is 3.14. The summed E-state index contributed by atoms with van der Waals surface area (Å²) in [6.45, 7) is 0. The minimum Gasteiger partial charge on any atom is -0.478 e. The first-order chi connectivity index (χ1) is 8.59. The lowest BCUT2D eigenvalue weighted by molar-refractivity contribution is -0.131. The molecule has 2 rings (SSSR count). The summed E-state index contributed by atoms with van der Waals surface area (Å²) in [6.07, 6.45) is 2.92. The Morgan fingerprint density at radius 3 is 2.78 bits per heavy atom. The molecule has 1 aromatic heterocycles. The number of fused-ring (bicyclic) bond motifs is 1. The summed E-state index contributed by atoms with van der Waals surface area (Å²) in [6, 6.07) is 8.16. The van der Waals surface area contributed by atoms with E-state index in [-0.39, 0.29) is 6.04 Å². The summed E-state index contributed by atoms with van der Waals surface area (Å²) in [5.74, 6) is -0.915. The van der Waals surface area contributed by atoms with E-state index in [9.17, 15) is 4.79 Å². The van der Waals surface area contributed by atoms with Crippen molar-refractivity contribution in [2.75, 3.05) is 14.1 Å². The molecule has 18 heavy (non-hydrogen) atoms. The quantitative estimate of drug-likeness (QED) is 0.859. The maximum absolute atomic E-state index is 10.7. The molecule has 0 saturated heterocycles. The molecule has 0 aliphatic heterocycles. The van der Waals surface area contributed by atoms with E-state index in [0.717, 1.165) is 5.56 Å². The number of hydrogen-bond donors (Lipinski definition) is 1. The highest BCUT2D eigenvalue weighted by atomic mass is 32.1. The van der Waals surface area contributed by atoms with Gasteiger partial charge < -0.3 is 5.11 Å². The van der Waals surface area contributed by atoms with Crippen molar-refractivity contribution in [3.05, 3.63) is 47.4 Å². The molecule has 0 aliphatic rings. The standard InChI is InChI=1S/C14H15NO2S/c1-15(2)12(7-8-14(16)17)11-9-18-13-6-4-3-5-10(11)13/h3-9,12H,1-2H3,(H,16,17)/b8-7+. The zero-order valence-electron chi connectivity index (χ0n) is 10.3. The Balaban J connectivity index is 2.45. The van der Waals surface area contributed by atoms with Crippen LogP contribution >= 0.6 is 11.3 Å². The maximum atomic E-state index is 10.7. The molecule has 0 saturated carbocycles. The molecule has 0 fully saturated rings. The van der Waals surface area contributed by atoms with E-state index in [4.69, 9.17) is 5.11 Å². The van der Waals surface area contributed by atoms with Crippen LogP contribution in [-0.4, -0.2) is 30.1 Å². The van der Waals surface area contributed by atoms with Gasteiger partial charge >= 0.3 is 5.97 Å². The first-order valence-corrected chi connectivity index (χ1v) is 6.51. The fraction of sp³-hybridized carbons (Fsp3) is 0.214. The molecule has 0 spiro atoms. The number of thiophene rings is 1. The van der Waals surface area contributed by atoms with Crippen molar-refractivity contribution in [1.29, 1.82) is 0 Å². The van der Waals surface area contributed by atoms with Crippen molar-refractivity contribution in [3.8, 4) is 0 Å². The van der Waals surface area contributed by atoms with Gasteiger partial charge in [-0.05, 0) is 36.5 Å². The monoisotopic (exact) mass is 261 g/mol. The molecule has 0 radical (unpaired) electrons. The predicted molar refractivity (Wildman–Crippen MR) is 75.0 cm³/mol. The second kappa shape index (κ2) is 5.33. The number of carboxylic acid groups (broad SMARTS) is 1. The number of benzene rings is 1. The average molecular weight is 261 g/mol.